The largest absolute Gasteiger partial charge is 0.503 e. The van der Waals surface area contributed by atoms with Crippen LogP contribution in [-0.4, -0.2) is 56.8 Å². The molecule has 3 aromatic rings. The van der Waals surface area contributed by atoms with Crippen LogP contribution < -0.4 is 10.2 Å². The third kappa shape index (κ3) is 5.88. The fraction of sp³-hybridized carbons (Fsp3) is 0.410. The van der Waals surface area contributed by atoms with Gasteiger partial charge in [-0.15, -0.1) is 0 Å². The zero-order valence-corrected chi connectivity index (χ0v) is 34.2. The maximum atomic E-state index is 15.5. The monoisotopic (exact) mass is 938 g/mol. The third-order valence-corrected chi connectivity index (χ3v) is 14.9. The highest BCUT2D eigenvalue weighted by molar-refractivity contribution is 9.13. The van der Waals surface area contributed by atoms with Gasteiger partial charge in [-0.2, -0.15) is 18.2 Å². The Morgan fingerprint density at radius 2 is 1.66 bits per heavy atom. The predicted molar refractivity (Wildman–Crippen MR) is 206 cm³/mol. The number of likely N-dealkylation sites (tertiary alicyclic amines) is 1. The number of allylic oxidation sites excluding steroid dienone is 2. The molecule has 0 radical (unpaired) electrons. The standard InChI is InChI=1S/C39H33Br2Cl2F3N4O6/c1-56-27-15-24(30(40)31(41)32(27)51)29-21-11-12-22-28(36(54)49(34(22)52)20-5-3-2-4-6-20)23(21)14-25-35(53)50(37(55)38(25,29)17-7-9-19(42)10-8-17)48-33-26(43)13-18(16-47-33)39(44,45)46/h7-11,13,15-16,20,22-23,25,28-29,51H,2-6,12,14H2,1H3,(H,47,48)/t22-,23+,25-,28-,29+,38+/m0/s1. The number of nitrogens with zero attached hydrogens (tertiary/aromatic N) is 3. The van der Waals surface area contributed by atoms with Crippen LogP contribution in [0.15, 0.2) is 63.2 Å². The molecule has 8 rings (SSSR count). The van der Waals surface area contributed by atoms with Crippen LogP contribution in [0.5, 0.6) is 11.5 Å². The number of hydrogen-bond donors (Lipinski definition) is 2. The minimum Gasteiger partial charge on any atom is -0.503 e. The number of nitrogens with one attached hydrogen (secondary N) is 1. The molecule has 3 aliphatic carbocycles. The van der Waals surface area contributed by atoms with Crippen molar-refractivity contribution in [2.75, 3.05) is 12.5 Å². The lowest BCUT2D eigenvalue weighted by atomic mass is 9.49. The molecule has 4 fully saturated rings. The van der Waals surface area contributed by atoms with E-state index in [0.29, 0.717) is 38.5 Å². The van der Waals surface area contributed by atoms with Crippen LogP contribution in [0.3, 0.4) is 0 Å². The second-order valence-corrected chi connectivity index (χ2v) is 17.3. The van der Waals surface area contributed by atoms with Gasteiger partial charge in [-0.05, 0) is 98.9 Å². The van der Waals surface area contributed by atoms with E-state index in [1.54, 1.807) is 30.3 Å². The number of rotatable bonds is 6. The van der Waals surface area contributed by atoms with Crippen molar-refractivity contribution < 1.29 is 42.2 Å². The Balaban J connectivity index is 1.34. The molecule has 10 nitrogen and oxygen atoms in total. The Hall–Kier alpha value is -3.66. The van der Waals surface area contributed by atoms with Crippen LogP contribution in [0.2, 0.25) is 10.0 Å². The van der Waals surface area contributed by atoms with Gasteiger partial charge in [0.05, 0.1) is 45.3 Å². The highest BCUT2D eigenvalue weighted by Crippen LogP contribution is 2.66. The summed E-state index contributed by atoms with van der Waals surface area (Å²) in [6.07, 6.45) is 2.16. The van der Waals surface area contributed by atoms with E-state index in [2.05, 4.69) is 42.3 Å². The number of benzene rings is 2. The minimum absolute atomic E-state index is 0.0193. The van der Waals surface area contributed by atoms with Gasteiger partial charge in [0.15, 0.2) is 17.3 Å². The van der Waals surface area contributed by atoms with Gasteiger partial charge in [0, 0.05) is 27.7 Å². The van der Waals surface area contributed by atoms with Crippen molar-refractivity contribution in [1.82, 2.24) is 14.9 Å². The fourth-order valence-corrected chi connectivity index (χ4v) is 11.1. The Morgan fingerprint density at radius 1 is 0.964 bits per heavy atom. The van der Waals surface area contributed by atoms with Crippen molar-refractivity contribution >= 4 is 84.5 Å². The Morgan fingerprint density at radius 3 is 2.30 bits per heavy atom. The smallest absolute Gasteiger partial charge is 0.417 e. The molecule has 2 saturated heterocycles. The van der Waals surface area contributed by atoms with E-state index in [1.165, 1.54) is 12.0 Å². The quantitative estimate of drug-likeness (QED) is 0.185. The Bertz CT molecular complexity index is 2220. The molecule has 6 atom stereocenters. The summed E-state index contributed by atoms with van der Waals surface area (Å²) < 4.78 is 46.7. The summed E-state index contributed by atoms with van der Waals surface area (Å²) in [7, 11) is 1.37. The van der Waals surface area contributed by atoms with Crippen LogP contribution in [0.1, 0.15) is 67.6 Å². The number of aromatic nitrogens is 1. The summed E-state index contributed by atoms with van der Waals surface area (Å²) in [5.74, 6) is -6.96. The number of hydrogen-bond acceptors (Lipinski definition) is 8. The maximum Gasteiger partial charge on any atom is 0.417 e. The fourth-order valence-electron chi connectivity index (χ4n) is 9.83. The maximum absolute atomic E-state index is 15.5. The lowest BCUT2D eigenvalue weighted by molar-refractivity contribution is -0.144. The van der Waals surface area contributed by atoms with Crippen molar-refractivity contribution in [1.29, 1.82) is 0 Å². The third-order valence-electron chi connectivity index (χ3n) is 12.2. The van der Waals surface area contributed by atoms with Gasteiger partial charge >= 0.3 is 6.18 Å². The minimum atomic E-state index is -4.75. The van der Waals surface area contributed by atoms with Crippen molar-refractivity contribution in [2.45, 2.75) is 68.5 Å². The second kappa shape index (κ2) is 14.3. The molecule has 2 saturated carbocycles. The molecule has 2 N–H and O–H groups in total. The molecule has 4 amide bonds. The summed E-state index contributed by atoms with van der Waals surface area (Å²) in [6, 6.07) is 8.45. The van der Waals surface area contributed by atoms with E-state index in [0.717, 1.165) is 37.1 Å². The number of aromatic hydroxyl groups is 1. The molecule has 56 heavy (non-hydrogen) atoms. The highest BCUT2D eigenvalue weighted by Gasteiger charge is 2.71. The van der Waals surface area contributed by atoms with Gasteiger partial charge < -0.3 is 9.84 Å². The zero-order chi connectivity index (χ0) is 40.0. The molecule has 5 aliphatic rings. The average Bonchev–Trinajstić information content (AvgIpc) is 3.55. The molecule has 0 unspecified atom stereocenters. The van der Waals surface area contributed by atoms with Crippen LogP contribution in [0.25, 0.3) is 0 Å². The molecule has 0 bridgehead atoms. The summed E-state index contributed by atoms with van der Waals surface area (Å²) in [4.78, 5) is 64.4. The number of amides is 4. The van der Waals surface area contributed by atoms with Crippen molar-refractivity contribution in [3.63, 3.8) is 0 Å². The summed E-state index contributed by atoms with van der Waals surface area (Å²) in [6.45, 7) is 0. The summed E-state index contributed by atoms with van der Waals surface area (Å²) in [5, 5.41) is 11.6. The average molecular weight is 941 g/mol. The number of fused-ring (bicyclic) bond motifs is 4. The first-order valence-corrected chi connectivity index (χ1v) is 20.4. The number of pyridine rings is 1. The lowest BCUT2D eigenvalue weighted by Crippen LogP contribution is -2.53. The zero-order valence-electron chi connectivity index (χ0n) is 29.5. The number of methoxy groups -OCH3 is 1. The molecule has 2 aromatic carbocycles. The van der Waals surface area contributed by atoms with Crippen LogP contribution >= 0.6 is 55.1 Å². The Labute approximate surface area is 346 Å². The number of halogens is 7. The first kappa shape index (κ1) is 39.2. The number of anilines is 1. The van der Waals surface area contributed by atoms with Crippen LogP contribution in [0, 0.1) is 23.7 Å². The van der Waals surface area contributed by atoms with E-state index in [9.17, 15) is 32.7 Å². The first-order chi connectivity index (χ1) is 26.6. The topological polar surface area (TPSA) is 129 Å². The molecule has 17 heteroatoms. The van der Waals surface area contributed by atoms with Gasteiger partial charge in [-0.3, -0.25) is 29.5 Å². The predicted octanol–water partition coefficient (Wildman–Crippen LogP) is 8.96. The van der Waals surface area contributed by atoms with Gasteiger partial charge in [-0.25, -0.2) is 4.98 Å². The van der Waals surface area contributed by atoms with Crippen LogP contribution in [0.4, 0.5) is 19.0 Å². The number of phenols is 1. The van der Waals surface area contributed by atoms with E-state index in [-0.39, 0.29) is 52.5 Å². The summed E-state index contributed by atoms with van der Waals surface area (Å²) in [5.41, 5.74) is 1.20. The SMILES string of the molecule is COc1cc([C@H]2C3=CC[C@@H]4C(=O)N(C5CCCCC5)C(=O)[C@@H]4[C@@H]3C[C@H]3C(=O)N(Nc4ncc(C(F)(F)F)cc4Cl)C(=O)[C@@]23c2ccc(Cl)cc2)c(Br)c(Br)c1O. The van der Waals surface area contributed by atoms with E-state index < -0.39 is 63.6 Å². The molecule has 294 valence electrons. The van der Waals surface area contributed by atoms with Gasteiger partial charge in [0.25, 0.3) is 11.8 Å². The number of carbonyl (C=O) groups is 4. The lowest BCUT2D eigenvalue weighted by Gasteiger charge is -2.51. The van der Waals surface area contributed by atoms with Crippen molar-refractivity contribution in [3.05, 3.63) is 89.9 Å². The van der Waals surface area contributed by atoms with Crippen molar-refractivity contribution in [3.8, 4) is 11.5 Å². The van der Waals surface area contributed by atoms with Gasteiger partial charge in [0.2, 0.25) is 11.8 Å². The number of imide groups is 2. The highest BCUT2D eigenvalue weighted by atomic mass is 79.9. The van der Waals surface area contributed by atoms with E-state index in [1.807, 2.05) is 6.08 Å². The van der Waals surface area contributed by atoms with Gasteiger partial charge in [-0.1, -0.05) is 66.2 Å². The molecular weight excluding hydrogens is 908 g/mol. The number of carbonyl (C=O) groups excluding carboxylic acids is 4. The number of alkyl halides is 3. The molecule has 3 heterocycles. The van der Waals surface area contributed by atoms with Crippen molar-refractivity contribution in [2.24, 2.45) is 23.7 Å². The first-order valence-electron chi connectivity index (χ1n) is 18.1. The van der Waals surface area contributed by atoms with Crippen LogP contribution in [-0.2, 0) is 30.8 Å². The summed E-state index contributed by atoms with van der Waals surface area (Å²) >= 11 is 19.8. The van der Waals surface area contributed by atoms with E-state index >= 15 is 4.79 Å². The number of ether oxygens (including phenoxy) is 1. The molecule has 2 aliphatic heterocycles. The Kier molecular flexibility index (Phi) is 10.0. The van der Waals surface area contributed by atoms with Gasteiger partial charge in [0.1, 0.15) is 0 Å². The number of phenolic OH excluding ortho intramolecular Hbond substituents is 1. The molecular formula is C39H33Br2Cl2F3N4O6. The second-order valence-electron chi connectivity index (χ2n) is 14.9. The normalized spacial score (nSPS) is 27.9. The van der Waals surface area contributed by atoms with E-state index in [4.69, 9.17) is 27.9 Å². The molecule has 0 spiro atoms. The molecule has 1 aromatic heterocycles. The number of hydrazine groups is 1.